The summed E-state index contributed by atoms with van der Waals surface area (Å²) in [5.74, 6) is 0.243. The van der Waals surface area contributed by atoms with Crippen LogP contribution < -0.4 is 0 Å². The third-order valence-corrected chi connectivity index (χ3v) is 5.55. The maximum absolute atomic E-state index is 13.6. The summed E-state index contributed by atoms with van der Waals surface area (Å²) in [5, 5.41) is 0. The third-order valence-electron chi connectivity index (χ3n) is 5.55. The van der Waals surface area contributed by atoms with Gasteiger partial charge in [-0.25, -0.2) is 0 Å². The van der Waals surface area contributed by atoms with Gasteiger partial charge in [-0.2, -0.15) is 36.3 Å². The molecule has 2 aromatic heterocycles. The van der Waals surface area contributed by atoms with E-state index in [0.717, 1.165) is 11.1 Å². The summed E-state index contributed by atoms with van der Waals surface area (Å²) in [6.45, 7) is 3.65. The summed E-state index contributed by atoms with van der Waals surface area (Å²) in [7, 11) is 0. The normalized spacial score (nSPS) is 12.4. The molecule has 0 N–H and O–H groups in total. The van der Waals surface area contributed by atoms with Crippen LogP contribution in [0.15, 0.2) is 71.1 Å². The molecule has 0 saturated heterocycles. The predicted octanol–water partition coefficient (Wildman–Crippen LogP) is 8.00. The zero-order valence-corrected chi connectivity index (χ0v) is 18.9. The number of fused-ring (bicyclic) bond motifs is 1. The molecule has 10 heteroatoms. The average molecular weight is 501 g/mol. The predicted molar refractivity (Wildman–Crippen MR) is 121 cm³/mol. The summed E-state index contributed by atoms with van der Waals surface area (Å²) < 4.78 is 88.7. The highest BCUT2D eigenvalue weighted by Crippen LogP contribution is 2.39. The molecular formula is C26H17F6N3O. The lowest BCUT2D eigenvalue weighted by molar-refractivity contribution is -0.143. The topological polar surface area (TPSA) is 43.9 Å². The van der Waals surface area contributed by atoms with Gasteiger partial charge >= 0.3 is 12.4 Å². The number of hydrogen-bond donors (Lipinski definition) is 0. The van der Waals surface area contributed by atoms with Crippen LogP contribution in [0, 0.1) is 13.8 Å². The molecule has 0 fully saturated rings. The highest BCUT2D eigenvalue weighted by atomic mass is 19.4. The molecule has 5 rings (SSSR count). The SMILES string of the molecule is Cc1cc(C)cc(-c2nc3oc(-c4ccccc4)nc3n2-c2cc(C(F)(F)F)cc(C(F)(F)F)c2)c1. The van der Waals surface area contributed by atoms with E-state index in [1.54, 1.807) is 42.5 Å². The zero-order chi connectivity index (χ0) is 25.8. The fraction of sp³-hybridized carbons (Fsp3) is 0.154. The van der Waals surface area contributed by atoms with Crippen molar-refractivity contribution in [2.75, 3.05) is 0 Å². The van der Waals surface area contributed by atoms with Gasteiger partial charge in [-0.3, -0.25) is 4.57 Å². The van der Waals surface area contributed by atoms with Gasteiger partial charge in [0.2, 0.25) is 11.5 Å². The van der Waals surface area contributed by atoms with Crippen molar-refractivity contribution in [2.24, 2.45) is 0 Å². The number of hydrogen-bond acceptors (Lipinski definition) is 3. The number of benzene rings is 3. The van der Waals surface area contributed by atoms with Gasteiger partial charge in [0.1, 0.15) is 5.82 Å². The summed E-state index contributed by atoms with van der Waals surface area (Å²) in [6.07, 6.45) is -10.0. The van der Waals surface area contributed by atoms with Crippen LogP contribution in [0.25, 0.3) is 39.9 Å². The fourth-order valence-corrected chi connectivity index (χ4v) is 4.08. The lowest BCUT2D eigenvalue weighted by atomic mass is 10.1. The van der Waals surface area contributed by atoms with E-state index >= 15 is 0 Å². The van der Waals surface area contributed by atoms with E-state index < -0.39 is 23.5 Å². The number of rotatable bonds is 3. The summed E-state index contributed by atoms with van der Waals surface area (Å²) in [5.41, 5.74) is -0.531. The van der Waals surface area contributed by atoms with Crippen LogP contribution in [0.5, 0.6) is 0 Å². The molecule has 184 valence electrons. The molecule has 36 heavy (non-hydrogen) atoms. The monoisotopic (exact) mass is 501 g/mol. The van der Waals surface area contributed by atoms with E-state index in [4.69, 9.17) is 4.42 Å². The zero-order valence-electron chi connectivity index (χ0n) is 18.9. The third kappa shape index (κ3) is 4.34. The standard InChI is InChI=1S/C26H17F6N3O/c1-14-8-15(2)10-17(9-14)21-33-24-22(34-23(36-24)16-6-4-3-5-7-16)35(21)20-12-18(25(27,28)29)11-19(13-20)26(30,31)32/h3-13H,1-2H3. The van der Waals surface area contributed by atoms with Gasteiger partial charge in [-0.15, -0.1) is 0 Å². The number of aryl methyl sites for hydroxylation is 2. The molecule has 5 aromatic rings. The minimum absolute atomic E-state index is 0.00420. The highest BCUT2D eigenvalue weighted by molar-refractivity contribution is 5.79. The molecule has 2 heterocycles. The van der Waals surface area contributed by atoms with Crippen molar-refractivity contribution in [3.8, 4) is 28.5 Å². The van der Waals surface area contributed by atoms with Crippen molar-refractivity contribution >= 4 is 11.4 Å². The molecule has 0 spiro atoms. The molecular weight excluding hydrogens is 484 g/mol. The van der Waals surface area contributed by atoms with Gasteiger partial charge in [0.05, 0.1) is 16.8 Å². The average Bonchev–Trinajstić information content (AvgIpc) is 3.36. The number of nitrogens with zero attached hydrogens (tertiary/aromatic N) is 3. The second kappa shape index (κ2) is 8.25. The van der Waals surface area contributed by atoms with Gasteiger partial charge < -0.3 is 4.42 Å². The Morgan fingerprint density at radius 1 is 0.694 bits per heavy atom. The van der Waals surface area contributed by atoms with Crippen molar-refractivity contribution in [1.29, 1.82) is 0 Å². The van der Waals surface area contributed by atoms with Crippen LogP contribution in [0.3, 0.4) is 0 Å². The van der Waals surface area contributed by atoms with Gasteiger partial charge in [-0.1, -0.05) is 35.4 Å². The Labute approximate surface area is 200 Å². The molecule has 0 amide bonds. The maximum Gasteiger partial charge on any atom is 0.416 e. The number of alkyl halides is 6. The van der Waals surface area contributed by atoms with Crippen molar-refractivity contribution in [3.05, 3.63) is 89.0 Å². The number of aromatic nitrogens is 3. The van der Waals surface area contributed by atoms with Crippen molar-refractivity contribution in [3.63, 3.8) is 0 Å². The molecule has 0 bridgehead atoms. The Bertz CT molecular complexity index is 1530. The highest BCUT2D eigenvalue weighted by Gasteiger charge is 2.37. The fourth-order valence-electron chi connectivity index (χ4n) is 4.08. The summed E-state index contributed by atoms with van der Waals surface area (Å²) in [4.78, 5) is 8.85. The number of oxazole rings is 1. The van der Waals surface area contributed by atoms with E-state index in [-0.39, 0.29) is 34.8 Å². The van der Waals surface area contributed by atoms with Crippen LogP contribution in [0.4, 0.5) is 26.3 Å². The minimum atomic E-state index is -5.01. The number of imidazole rings is 1. The molecule has 0 radical (unpaired) electrons. The van der Waals surface area contributed by atoms with Crippen LogP contribution in [-0.4, -0.2) is 14.5 Å². The quantitative estimate of drug-likeness (QED) is 0.235. The van der Waals surface area contributed by atoms with Gasteiger partial charge in [-0.05, 0) is 56.3 Å². The van der Waals surface area contributed by atoms with Gasteiger partial charge in [0.25, 0.3) is 5.71 Å². The molecule has 0 aliphatic rings. The first kappa shape index (κ1) is 23.7. The van der Waals surface area contributed by atoms with E-state index in [2.05, 4.69) is 9.97 Å². The van der Waals surface area contributed by atoms with Crippen LogP contribution in [0.1, 0.15) is 22.3 Å². The smallest absolute Gasteiger partial charge is 0.416 e. The van der Waals surface area contributed by atoms with E-state index in [9.17, 15) is 26.3 Å². The first-order valence-corrected chi connectivity index (χ1v) is 10.7. The second-order valence-electron chi connectivity index (χ2n) is 8.43. The van der Waals surface area contributed by atoms with Crippen molar-refractivity contribution in [1.82, 2.24) is 14.5 Å². The summed E-state index contributed by atoms with van der Waals surface area (Å²) in [6, 6.07) is 15.5. The van der Waals surface area contributed by atoms with Crippen LogP contribution >= 0.6 is 0 Å². The van der Waals surface area contributed by atoms with E-state index in [1.165, 1.54) is 4.57 Å². The molecule has 0 aliphatic carbocycles. The second-order valence-corrected chi connectivity index (χ2v) is 8.43. The summed E-state index contributed by atoms with van der Waals surface area (Å²) >= 11 is 0. The molecule has 4 nitrogen and oxygen atoms in total. The lowest BCUT2D eigenvalue weighted by Gasteiger charge is -2.16. The Hall–Kier alpha value is -4.08. The number of halogens is 6. The molecule has 0 aliphatic heterocycles. The first-order valence-electron chi connectivity index (χ1n) is 10.7. The van der Waals surface area contributed by atoms with Crippen LogP contribution in [0.2, 0.25) is 0 Å². The Kier molecular flexibility index (Phi) is 5.42. The molecule has 0 saturated carbocycles. The van der Waals surface area contributed by atoms with Crippen molar-refractivity contribution in [2.45, 2.75) is 26.2 Å². The lowest BCUT2D eigenvalue weighted by Crippen LogP contribution is -2.13. The van der Waals surface area contributed by atoms with E-state index in [1.807, 2.05) is 19.9 Å². The Morgan fingerprint density at radius 3 is 1.83 bits per heavy atom. The van der Waals surface area contributed by atoms with E-state index in [0.29, 0.717) is 23.3 Å². The minimum Gasteiger partial charge on any atom is -0.416 e. The molecule has 0 atom stereocenters. The Morgan fingerprint density at radius 2 is 1.28 bits per heavy atom. The molecule has 0 unspecified atom stereocenters. The first-order chi connectivity index (χ1) is 16.9. The van der Waals surface area contributed by atoms with Crippen LogP contribution in [-0.2, 0) is 12.4 Å². The van der Waals surface area contributed by atoms with Gasteiger partial charge in [0.15, 0.2) is 0 Å². The van der Waals surface area contributed by atoms with Gasteiger partial charge in [0, 0.05) is 11.1 Å². The largest absolute Gasteiger partial charge is 0.416 e. The molecule has 3 aromatic carbocycles. The Balaban J connectivity index is 1.84. The van der Waals surface area contributed by atoms with Crippen molar-refractivity contribution < 1.29 is 30.8 Å². The maximum atomic E-state index is 13.6.